The maximum Gasteiger partial charge on any atom is 0.149 e. The van der Waals surface area contributed by atoms with Crippen LogP contribution in [0, 0.1) is 11.3 Å². The standard InChI is InChI=1S/C26H39N5/c27-18-23-22-14-17-31(21-12-6-2-7-13-21)19-24(22)25(28-20-10-4-1-5-11-20)29-26(23)30-15-8-3-9-16-30/h20-21H,1-17,19H2,(H,28,29). The lowest BCUT2D eigenvalue weighted by molar-refractivity contribution is 0.141. The summed E-state index contributed by atoms with van der Waals surface area (Å²) in [4.78, 5) is 10.3. The summed E-state index contributed by atoms with van der Waals surface area (Å²) >= 11 is 0. The fourth-order valence-electron chi connectivity index (χ4n) is 6.41. The van der Waals surface area contributed by atoms with E-state index in [0.717, 1.165) is 55.8 Å². The number of anilines is 2. The van der Waals surface area contributed by atoms with Gasteiger partial charge in [0.25, 0.3) is 0 Å². The van der Waals surface area contributed by atoms with E-state index in [9.17, 15) is 5.26 Å². The van der Waals surface area contributed by atoms with Crippen molar-refractivity contribution in [3.05, 3.63) is 16.7 Å². The van der Waals surface area contributed by atoms with Crippen molar-refractivity contribution in [1.29, 1.82) is 5.26 Å². The normalized spacial score (nSPS) is 23.9. The van der Waals surface area contributed by atoms with Crippen molar-refractivity contribution in [2.45, 2.75) is 109 Å². The van der Waals surface area contributed by atoms with Gasteiger partial charge in [-0.3, -0.25) is 4.90 Å². The molecule has 1 saturated heterocycles. The monoisotopic (exact) mass is 421 g/mol. The number of hydrogen-bond donors (Lipinski definition) is 1. The molecular weight excluding hydrogens is 382 g/mol. The first-order valence-corrected chi connectivity index (χ1v) is 13.0. The van der Waals surface area contributed by atoms with E-state index in [1.165, 1.54) is 94.6 Å². The van der Waals surface area contributed by atoms with Gasteiger partial charge in [0.1, 0.15) is 17.7 Å². The topological polar surface area (TPSA) is 55.2 Å². The van der Waals surface area contributed by atoms with E-state index in [1.807, 2.05) is 0 Å². The van der Waals surface area contributed by atoms with Gasteiger partial charge in [0.05, 0.1) is 5.56 Å². The Bertz CT molecular complexity index is 795. The van der Waals surface area contributed by atoms with Gasteiger partial charge in [-0.2, -0.15) is 5.26 Å². The minimum atomic E-state index is 0.539. The summed E-state index contributed by atoms with van der Waals surface area (Å²) in [5.74, 6) is 2.06. The summed E-state index contributed by atoms with van der Waals surface area (Å²) in [6, 6.07) is 3.85. The Labute approximate surface area is 188 Å². The van der Waals surface area contributed by atoms with Gasteiger partial charge in [-0.25, -0.2) is 4.98 Å². The Morgan fingerprint density at radius 3 is 2.19 bits per heavy atom. The second-order valence-corrected chi connectivity index (χ2v) is 10.3. The first-order valence-electron chi connectivity index (χ1n) is 13.0. The Kier molecular flexibility index (Phi) is 6.64. The van der Waals surface area contributed by atoms with Gasteiger partial charge in [-0.05, 0) is 56.9 Å². The molecule has 0 radical (unpaired) electrons. The molecule has 2 aliphatic carbocycles. The van der Waals surface area contributed by atoms with Crippen LogP contribution in [0.4, 0.5) is 11.6 Å². The summed E-state index contributed by atoms with van der Waals surface area (Å²) in [6.45, 7) is 4.14. The number of pyridine rings is 1. The lowest BCUT2D eigenvalue weighted by Crippen LogP contribution is -2.41. The number of nitriles is 1. The maximum atomic E-state index is 10.2. The molecule has 31 heavy (non-hydrogen) atoms. The van der Waals surface area contributed by atoms with Crippen LogP contribution in [-0.4, -0.2) is 41.6 Å². The number of piperidine rings is 1. The fraction of sp³-hybridized carbons (Fsp3) is 0.769. The summed E-state index contributed by atoms with van der Waals surface area (Å²) in [7, 11) is 0. The molecule has 0 aromatic carbocycles. The molecule has 2 aliphatic heterocycles. The molecule has 0 unspecified atom stereocenters. The average Bonchev–Trinajstić information content (AvgIpc) is 2.85. The molecule has 5 nitrogen and oxygen atoms in total. The summed E-state index contributed by atoms with van der Waals surface area (Å²) in [5.41, 5.74) is 3.50. The van der Waals surface area contributed by atoms with Crippen LogP contribution in [0.5, 0.6) is 0 Å². The number of fused-ring (bicyclic) bond motifs is 1. The highest BCUT2D eigenvalue weighted by atomic mass is 15.2. The fourth-order valence-corrected chi connectivity index (χ4v) is 6.41. The molecule has 2 saturated carbocycles. The van der Waals surface area contributed by atoms with Crippen molar-refractivity contribution in [2.75, 3.05) is 29.9 Å². The summed E-state index contributed by atoms with van der Waals surface area (Å²) in [6.07, 6.45) is 18.1. The molecule has 0 spiro atoms. The van der Waals surface area contributed by atoms with Crippen molar-refractivity contribution in [1.82, 2.24) is 9.88 Å². The minimum absolute atomic E-state index is 0.539. The van der Waals surface area contributed by atoms with E-state index < -0.39 is 0 Å². The first-order chi connectivity index (χ1) is 15.3. The zero-order valence-corrected chi connectivity index (χ0v) is 19.2. The summed E-state index contributed by atoms with van der Waals surface area (Å²) < 4.78 is 0. The van der Waals surface area contributed by atoms with Gasteiger partial charge in [-0.15, -0.1) is 0 Å². The molecule has 168 valence electrons. The second kappa shape index (κ2) is 9.77. The molecule has 5 heteroatoms. The number of hydrogen-bond acceptors (Lipinski definition) is 5. The molecule has 1 N–H and O–H groups in total. The van der Waals surface area contributed by atoms with Gasteiger partial charge < -0.3 is 10.2 Å². The number of aromatic nitrogens is 1. The third-order valence-electron chi connectivity index (χ3n) is 8.21. The lowest BCUT2D eigenvalue weighted by atomic mass is 9.89. The van der Waals surface area contributed by atoms with Gasteiger partial charge in [0.2, 0.25) is 0 Å². The van der Waals surface area contributed by atoms with Crippen LogP contribution in [0.15, 0.2) is 0 Å². The molecule has 4 aliphatic rings. The molecule has 3 heterocycles. The van der Waals surface area contributed by atoms with Crippen LogP contribution in [0.3, 0.4) is 0 Å². The van der Waals surface area contributed by atoms with E-state index >= 15 is 0 Å². The number of nitrogens with zero attached hydrogens (tertiary/aromatic N) is 4. The van der Waals surface area contributed by atoms with E-state index in [-0.39, 0.29) is 0 Å². The van der Waals surface area contributed by atoms with Crippen LogP contribution in [-0.2, 0) is 13.0 Å². The molecule has 0 bridgehead atoms. The highest BCUT2D eigenvalue weighted by molar-refractivity contribution is 5.67. The largest absolute Gasteiger partial charge is 0.367 e. The molecule has 5 rings (SSSR count). The smallest absolute Gasteiger partial charge is 0.149 e. The lowest BCUT2D eigenvalue weighted by Gasteiger charge is -2.39. The van der Waals surface area contributed by atoms with Crippen LogP contribution in [0.25, 0.3) is 0 Å². The van der Waals surface area contributed by atoms with Gasteiger partial charge >= 0.3 is 0 Å². The molecule has 0 atom stereocenters. The van der Waals surface area contributed by atoms with Gasteiger partial charge in [-0.1, -0.05) is 38.5 Å². The third kappa shape index (κ3) is 4.55. The molecule has 1 aromatic rings. The van der Waals surface area contributed by atoms with Crippen LogP contribution < -0.4 is 10.2 Å². The van der Waals surface area contributed by atoms with E-state index in [4.69, 9.17) is 4.98 Å². The predicted molar refractivity (Wildman–Crippen MR) is 126 cm³/mol. The van der Waals surface area contributed by atoms with Crippen molar-refractivity contribution < 1.29 is 0 Å². The Morgan fingerprint density at radius 2 is 1.48 bits per heavy atom. The SMILES string of the molecule is N#Cc1c(N2CCCCC2)nc(NC2CCCCC2)c2c1CCN(C1CCCCC1)C2. The quantitative estimate of drug-likeness (QED) is 0.707. The van der Waals surface area contributed by atoms with Crippen LogP contribution in [0.1, 0.15) is 100 Å². The zero-order chi connectivity index (χ0) is 21.0. The number of rotatable bonds is 4. The Balaban J connectivity index is 1.49. The van der Waals surface area contributed by atoms with Crippen molar-refractivity contribution in [3.63, 3.8) is 0 Å². The minimum Gasteiger partial charge on any atom is -0.367 e. The molecule has 0 amide bonds. The molecule has 3 fully saturated rings. The Morgan fingerprint density at radius 1 is 0.806 bits per heavy atom. The maximum absolute atomic E-state index is 10.2. The van der Waals surface area contributed by atoms with E-state index in [2.05, 4.69) is 21.2 Å². The van der Waals surface area contributed by atoms with Crippen molar-refractivity contribution >= 4 is 11.6 Å². The van der Waals surface area contributed by atoms with E-state index in [1.54, 1.807) is 0 Å². The molecular formula is C26H39N5. The predicted octanol–water partition coefficient (Wildman–Crippen LogP) is 5.38. The highest BCUT2D eigenvalue weighted by Crippen LogP contribution is 2.37. The summed E-state index contributed by atoms with van der Waals surface area (Å²) in [5, 5.41) is 14.1. The first kappa shape index (κ1) is 21.1. The average molecular weight is 422 g/mol. The van der Waals surface area contributed by atoms with Crippen molar-refractivity contribution in [2.24, 2.45) is 0 Å². The van der Waals surface area contributed by atoms with E-state index in [0.29, 0.717) is 6.04 Å². The third-order valence-corrected chi connectivity index (χ3v) is 8.21. The highest BCUT2D eigenvalue weighted by Gasteiger charge is 2.32. The zero-order valence-electron chi connectivity index (χ0n) is 19.2. The number of nitrogens with one attached hydrogen (secondary N) is 1. The van der Waals surface area contributed by atoms with Gasteiger partial charge in [0, 0.05) is 43.8 Å². The van der Waals surface area contributed by atoms with Crippen molar-refractivity contribution in [3.8, 4) is 6.07 Å². The van der Waals surface area contributed by atoms with Gasteiger partial charge in [0.15, 0.2) is 0 Å². The Hall–Kier alpha value is -1.80. The van der Waals surface area contributed by atoms with Crippen LogP contribution in [0.2, 0.25) is 0 Å². The second-order valence-electron chi connectivity index (χ2n) is 10.3. The van der Waals surface area contributed by atoms with Crippen LogP contribution >= 0.6 is 0 Å². The molecule has 1 aromatic heterocycles.